The first-order valence-corrected chi connectivity index (χ1v) is 8.71. The highest BCUT2D eigenvalue weighted by atomic mass is 19.4. The van der Waals surface area contributed by atoms with Gasteiger partial charge < -0.3 is 17.7 Å². The van der Waals surface area contributed by atoms with Crippen molar-refractivity contribution < 1.29 is 17.7 Å². The van der Waals surface area contributed by atoms with Crippen LogP contribution in [-0.4, -0.2) is 12.7 Å². The van der Waals surface area contributed by atoms with E-state index in [1.165, 1.54) is 57.8 Å². The lowest BCUT2D eigenvalue weighted by Gasteiger charge is -2.11. The Morgan fingerprint density at radius 2 is 1.00 bits per heavy atom. The quantitative estimate of drug-likeness (QED) is 0.252. The number of carbonyl (C=O) groups excluding carboxylic acids is 1. The Bertz CT molecular complexity index is 254. The molecule has 0 aromatic rings. The Kier molecular flexibility index (Phi) is 12.9. The van der Waals surface area contributed by atoms with E-state index in [9.17, 15) is 17.7 Å². The molecule has 0 aromatic heterocycles. The van der Waals surface area contributed by atoms with Gasteiger partial charge in [0.1, 0.15) is 0 Å². The van der Waals surface area contributed by atoms with Crippen molar-refractivity contribution in [3.05, 3.63) is 0 Å². The van der Waals surface area contributed by atoms with Crippen molar-refractivity contribution >= 4 is 12.7 Å². The standard InChI is InChI=1S/C16H31BF3O/c1-2-3-4-5-6-7-8-9-10-11-12-13-14-15-16(21)17(18,19)20/h2-15H2,1H3/q-1. The molecule has 0 heterocycles. The summed E-state index contributed by atoms with van der Waals surface area (Å²) in [7, 11) is 0. The molecule has 21 heavy (non-hydrogen) atoms. The summed E-state index contributed by atoms with van der Waals surface area (Å²) in [6.45, 7) is -3.03. The highest BCUT2D eigenvalue weighted by molar-refractivity contribution is 6.90. The van der Waals surface area contributed by atoms with Gasteiger partial charge in [-0.15, -0.1) is 0 Å². The van der Waals surface area contributed by atoms with Crippen LogP contribution in [0.3, 0.4) is 0 Å². The van der Waals surface area contributed by atoms with Crippen LogP contribution in [0.25, 0.3) is 0 Å². The highest BCUT2D eigenvalue weighted by Gasteiger charge is 2.31. The Morgan fingerprint density at radius 1 is 0.667 bits per heavy atom. The third-order valence-electron chi connectivity index (χ3n) is 3.89. The van der Waals surface area contributed by atoms with E-state index < -0.39 is 12.7 Å². The zero-order valence-electron chi connectivity index (χ0n) is 13.5. The summed E-state index contributed by atoms with van der Waals surface area (Å²) < 4.78 is 36.0. The highest BCUT2D eigenvalue weighted by Crippen LogP contribution is 2.16. The van der Waals surface area contributed by atoms with Crippen LogP contribution >= 0.6 is 0 Å². The van der Waals surface area contributed by atoms with E-state index >= 15 is 0 Å². The molecule has 0 aromatic carbocycles. The van der Waals surface area contributed by atoms with Crippen molar-refractivity contribution in [3.8, 4) is 0 Å². The molecule has 0 unspecified atom stereocenters. The van der Waals surface area contributed by atoms with Gasteiger partial charge in [-0.3, -0.25) is 0 Å². The second kappa shape index (κ2) is 13.2. The molecular weight excluding hydrogens is 276 g/mol. The summed E-state index contributed by atoms with van der Waals surface area (Å²) in [4.78, 5) is 10.7. The summed E-state index contributed by atoms with van der Waals surface area (Å²) in [5.74, 6) is 0. The monoisotopic (exact) mass is 307 g/mol. The molecule has 0 rings (SSSR count). The van der Waals surface area contributed by atoms with Gasteiger partial charge in [-0.25, -0.2) is 0 Å². The molecule has 0 amide bonds. The maximum absolute atomic E-state index is 12.0. The van der Waals surface area contributed by atoms with Crippen molar-refractivity contribution in [2.24, 2.45) is 0 Å². The molecule has 1 nitrogen and oxygen atoms in total. The molecule has 0 aliphatic heterocycles. The minimum Gasteiger partial charge on any atom is -0.443 e. The smallest absolute Gasteiger partial charge is 0.443 e. The second-order valence-corrected chi connectivity index (χ2v) is 6.03. The average molecular weight is 307 g/mol. The van der Waals surface area contributed by atoms with E-state index in [2.05, 4.69) is 6.92 Å². The topological polar surface area (TPSA) is 17.1 Å². The first-order valence-electron chi connectivity index (χ1n) is 8.71. The normalized spacial score (nSPS) is 11.8. The fourth-order valence-corrected chi connectivity index (χ4v) is 2.48. The van der Waals surface area contributed by atoms with Crippen molar-refractivity contribution in [2.75, 3.05) is 0 Å². The van der Waals surface area contributed by atoms with Crippen molar-refractivity contribution in [3.63, 3.8) is 0 Å². The number of carbonyl (C=O) groups is 1. The second-order valence-electron chi connectivity index (χ2n) is 6.03. The van der Waals surface area contributed by atoms with Crippen molar-refractivity contribution in [2.45, 2.75) is 96.8 Å². The zero-order chi connectivity index (χ0) is 16.0. The van der Waals surface area contributed by atoms with Crippen LogP contribution in [0.1, 0.15) is 96.8 Å². The summed E-state index contributed by atoms with van der Waals surface area (Å²) in [5.41, 5.74) is -1.52. The van der Waals surface area contributed by atoms with Gasteiger partial charge in [0.15, 0.2) is 0 Å². The number of halogens is 3. The van der Waals surface area contributed by atoms with Crippen LogP contribution in [0.4, 0.5) is 12.9 Å². The molecule has 0 aliphatic carbocycles. The Morgan fingerprint density at radius 3 is 1.33 bits per heavy atom. The van der Waals surface area contributed by atoms with Gasteiger partial charge in [0.2, 0.25) is 0 Å². The Hall–Kier alpha value is -0.475. The van der Waals surface area contributed by atoms with Gasteiger partial charge in [0.05, 0.1) is 5.68 Å². The lowest BCUT2D eigenvalue weighted by Crippen LogP contribution is -2.29. The molecule has 5 heteroatoms. The van der Waals surface area contributed by atoms with Crippen LogP contribution in [-0.2, 0) is 4.79 Å². The minimum absolute atomic E-state index is 0.318. The van der Waals surface area contributed by atoms with Crippen LogP contribution in [0.15, 0.2) is 0 Å². The number of rotatable bonds is 15. The molecule has 0 fully saturated rings. The van der Waals surface area contributed by atoms with E-state index in [1.54, 1.807) is 0 Å². The predicted molar refractivity (Wildman–Crippen MR) is 84.4 cm³/mol. The SMILES string of the molecule is CCCCCCCCCCCCCCCC(=O)[B-](F)(F)F. The summed E-state index contributed by atoms with van der Waals surface area (Å²) >= 11 is 0. The van der Waals surface area contributed by atoms with Gasteiger partial charge in [-0.05, 0) is 12.8 Å². The molecule has 0 saturated carbocycles. The lowest BCUT2D eigenvalue weighted by atomic mass is 9.81. The Balaban J connectivity index is 3.14. The Labute approximate surface area is 128 Å². The molecule has 0 spiro atoms. The summed E-state index contributed by atoms with van der Waals surface area (Å²) in [6, 6.07) is 0. The molecule has 0 saturated heterocycles. The van der Waals surface area contributed by atoms with Gasteiger partial charge in [0.25, 0.3) is 0 Å². The van der Waals surface area contributed by atoms with Crippen LogP contribution in [0.2, 0.25) is 0 Å². The minimum atomic E-state index is -5.25. The zero-order valence-corrected chi connectivity index (χ0v) is 13.5. The lowest BCUT2D eigenvalue weighted by molar-refractivity contribution is -0.115. The number of hydrogen-bond acceptors (Lipinski definition) is 1. The first kappa shape index (κ1) is 20.5. The van der Waals surface area contributed by atoms with Gasteiger partial charge >= 0.3 is 6.98 Å². The number of unbranched alkanes of at least 4 members (excludes halogenated alkanes) is 12. The molecule has 0 bridgehead atoms. The van der Waals surface area contributed by atoms with E-state index in [-0.39, 0.29) is 6.42 Å². The third kappa shape index (κ3) is 14.2. The molecule has 0 N–H and O–H groups in total. The van der Waals surface area contributed by atoms with Crippen molar-refractivity contribution in [1.82, 2.24) is 0 Å². The first-order chi connectivity index (χ1) is 9.98. The van der Waals surface area contributed by atoms with E-state index in [1.807, 2.05) is 0 Å². The maximum Gasteiger partial charge on any atom is 0.544 e. The van der Waals surface area contributed by atoms with E-state index in [0.29, 0.717) is 6.42 Å². The molecule has 126 valence electrons. The van der Waals surface area contributed by atoms with Gasteiger partial charge in [-0.2, -0.15) is 0 Å². The van der Waals surface area contributed by atoms with Gasteiger partial charge in [0, 0.05) is 0 Å². The van der Waals surface area contributed by atoms with Crippen LogP contribution < -0.4 is 0 Å². The molecule has 0 radical (unpaired) electrons. The molecule has 0 atom stereocenters. The van der Waals surface area contributed by atoms with Crippen LogP contribution in [0.5, 0.6) is 0 Å². The number of hydrogen-bond donors (Lipinski definition) is 0. The fourth-order valence-electron chi connectivity index (χ4n) is 2.48. The largest absolute Gasteiger partial charge is 0.544 e. The summed E-state index contributed by atoms with van der Waals surface area (Å²) in [6.07, 6.45) is 14.5. The van der Waals surface area contributed by atoms with Crippen molar-refractivity contribution in [1.29, 1.82) is 0 Å². The molecule has 0 aliphatic rings. The molecular formula is C16H31BF3O-. The fraction of sp³-hybridized carbons (Fsp3) is 0.938. The van der Waals surface area contributed by atoms with Gasteiger partial charge in [-0.1, -0.05) is 84.0 Å². The van der Waals surface area contributed by atoms with E-state index in [0.717, 1.165) is 19.3 Å². The summed E-state index contributed by atoms with van der Waals surface area (Å²) in [5, 5.41) is 0. The maximum atomic E-state index is 12.0. The average Bonchev–Trinajstić information content (AvgIpc) is 2.42. The van der Waals surface area contributed by atoms with Crippen LogP contribution in [0, 0.1) is 0 Å². The predicted octanol–water partition coefficient (Wildman–Crippen LogP) is 6.42. The third-order valence-corrected chi connectivity index (χ3v) is 3.89. The van der Waals surface area contributed by atoms with E-state index in [4.69, 9.17) is 0 Å².